The van der Waals surface area contributed by atoms with E-state index in [1.54, 1.807) is 37.5 Å². The van der Waals surface area contributed by atoms with Crippen LogP contribution in [0.2, 0.25) is 0 Å². The maximum Gasteiger partial charge on any atom is 0.244 e. The summed E-state index contributed by atoms with van der Waals surface area (Å²) in [7, 11) is 3.60. The Morgan fingerprint density at radius 1 is 1.46 bits per heavy atom. The minimum absolute atomic E-state index is 0.00109. The van der Waals surface area contributed by atoms with E-state index in [2.05, 4.69) is 15.2 Å². The molecule has 0 aliphatic carbocycles. The number of carbonyl (C=O) groups excluding carboxylic acids is 2. The van der Waals surface area contributed by atoms with Crippen molar-refractivity contribution < 1.29 is 9.59 Å². The van der Waals surface area contributed by atoms with Gasteiger partial charge in [0.2, 0.25) is 11.8 Å². The average molecular weight is 330 g/mol. The fourth-order valence-corrected chi connectivity index (χ4v) is 2.87. The Balaban J connectivity index is 1.68. The smallest absolute Gasteiger partial charge is 0.244 e. The summed E-state index contributed by atoms with van der Waals surface area (Å²) in [5, 5.41) is 2.88. The predicted molar refractivity (Wildman–Crippen MR) is 94.2 cm³/mol. The van der Waals surface area contributed by atoms with E-state index in [1.807, 2.05) is 12.1 Å². The van der Waals surface area contributed by atoms with Gasteiger partial charge in [-0.3, -0.25) is 19.5 Å². The number of likely N-dealkylation sites (tertiary alicyclic amines) is 1. The zero-order chi connectivity index (χ0) is 17.4. The number of likely N-dealkylation sites (N-methyl/N-ethyl adjacent to an activating group) is 1. The lowest BCUT2D eigenvalue weighted by Crippen LogP contribution is -2.43. The molecule has 0 aromatic carbocycles. The molecule has 1 aromatic rings. The minimum Gasteiger partial charge on any atom is -0.353 e. The van der Waals surface area contributed by atoms with Gasteiger partial charge >= 0.3 is 0 Å². The number of rotatable bonds is 7. The van der Waals surface area contributed by atoms with Gasteiger partial charge in [-0.1, -0.05) is 6.07 Å². The average Bonchev–Trinajstić information content (AvgIpc) is 3.05. The van der Waals surface area contributed by atoms with Gasteiger partial charge in [0.05, 0.1) is 6.04 Å². The van der Waals surface area contributed by atoms with E-state index in [1.165, 1.54) is 6.08 Å². The Morgan fingerprint density at radius 2 is 2.29 bits per heavy atom. The quantitative estimate of drug-likeness (QED) is 0.602. The van der Waals surface area contributed by atoms with Crippen LogP contribution in [-0.4, -0.2) is 66.4 Å². The highest BCUT2D eigenvalue weighted by Crippen LogP contribution is 2.18. The summed E-state index contributed by atoms with van der Waals surface area (Å²) in [5.41, 5.74) is 0.898. The maximum atomic E-state index is 12.1. The van der Waals surface area contributed by atoms with E-state index < -0.39 is 0 Å². The third kappa shape index (κ3) is 5.45. The van der Waals surface area contributed by atoms with E-state index >= 15 is 0 Å². The van der Waals surface area contributed by atoms with Crippen molar-refractivity contribution in [1.82, 2.24) is 20.1 Å². The second kappa shape index (κ2) is 9.17. The second-order valence-electron chi connectivity index (χ2n) is 6.19. The summed E-state index contributed by atoms with van der Waals surface area (Å²) in [5.74, 6) is 0.0668. The fourth-order valence-electron chi connectivity index (χ4n) is 2.87. The van der Waals surface area contributed by atoms with Crippen molar-refractivity contribution in [3.8, 4) is 0 Å². The van der Waals surface area contributed by atoms with Crippen LogP contribution in [0.15, 0.2) is 30.6 Å². The van der Waals surface area contributed by atoms with Crippen LogP contribution >= 0.6 is 0 Å². The number of aromatic nitrogens is 1. The first-order valence-electron chi connectivity index (χ1n) is 8.39. The maximum absolute atomic E-state index is 12.1. The van der Waals surface area contributed by atoms with E-state index in [4.69, 9.17) is 0 Å². The lowest BCUT2D eigenvalue weighted by Gasteiger charge is -2.25. The number of pyridine rings is 1. The molecule has 1 fully saturated rings. The molecule has 1 N–H and O–H groups in total. The van der Waals surface area contributed by atoms with Crippen LogP contribution in [0, 0.1) is 0 Å². The molecule has 0 saturated carbocycles. The van der Waals surface area contributed by atoms with Gasteiger partial charge in [-0.25, -0.2) is 0 Å². The van der Waals surface area contributed by atoms with Crippen LogP contribution in [0.1, 0.15) is 24.8 Å². The highest BCUT2D eigenvalue weighted by Gasteiger charge is 2.30. The number of nitrogens with zero attached hydrogens (tertiary/aromatic N) is 3. The van der Waals surface area contributed by atoms with Gasteiger partial charge < -0.3 is 10.2 Å². The molecule has 2 rings (SSSR count). The van der Waals surface area contributed by atoms with Crippen molar-refractivity contribution >= 4 is 17.9 Å². The van der Waals surface area contributed by atoms with Crippen LogP contribution in [-0.2, 0) is 9.59 Å². The molecule has 1 aromatic heterocycles. The molecule has 1 aliphatic heterocycles. The van der Waals surface area contributed by atoms with Crippen LogP contribution < -0.4 is 5.32 Å². The standard InChI is InChI=1S/C18H26N4O2/c1-21(2)18(24)16-7-4-12-22(16)13-5-11-20-17(23)9-8-15-6-3-10-19-14-15/h3,6,8-10,14,16H,4-5,7,11-13H2,1-2H3,(H,20,23)/b9-8-/t16-/m1/s1. The number of amides is 2. The Bertz CT molecular complexity index is 572. The van der Waals surface area contributed by atoms with E-state index in [0.29, 0.717) is 6.54 Å². The number of carbonyl (C=O) groups is 2. The lowest BCUT2D eigenvalue weighted by molar-refractivity contribution is -0.133. The van der Waals surface area contributed by atoms with E-state index in [9.17, 15) is 9.59 Å². The molecule has 1 saturated heterocycles. The van der Waals surface area contributed by atoms with Gasteiger partial charge in [-0.05, 0) is 43.5 Å². The first-order chi connectivity index (χ1) is 11.6. The van der Waals surface area contributed by atoms with Crippen molar-refractivity contribution in [3.63, 3.8) is 0 Å². The Hall–Kier alpha value is -2.21. The van der Waals surface area contributed by atoms with Crippen molar-refractivity contribution in [3.05, 3.63) is 36.2 Å². The Kier molecular flexibility index (Phi) is 6.93. The topological polar surface area (TPSA) is 65.5 Å². The van der Waals surface area contributed by atoms with Gasteiger partial charge in [0.1, 0.15) is 0 Å². The molecule has 0 bridgehead atoms. The molecule has 0 spiro atoms. The summed E-state index contributed by atoms with van der Waals surface area (Å²) in [4.78, 5) is 31.8. The summed E-state index contributed by atoms with van der Waals surface area (Å²) >= 11 is 0. The highest BCUT2D eigenvalue weighted by atomic mass is 16.2. The molecule has 1 atom stereocenters. The first-order valence-corrected chi connectivity index (χ1v) is 8.39. The molecule has 24 heavy (non-hydrogen) atoms. The summed E-state index contributed by atoms with van der Waals surface area (Å²) in [6.07, 6.45) is 9.49. The lowest BCUT2D eigenvalue weighted by atomic mass is 10.2. The molecule has 1 aliphatic rings. The molecule has 6 heteroatoms. The van der Waals surface area contributed by atoms with E-state index in [0.717, 1.165) is 37.9 Å². The van der Waals surface area contributed by atoms with Crippen LogP contribution in [0.3, 0.4) is 0 Å². The second-order valence-corrected chi connectivity index (χ2v) is 6.19. The van der Waals surface area contributed by atoms with Crippen molar-refractivity contribution in [2.75, 3.05) is 33.7 Å². The first kappa shape index (κ1) is 18.1. The molecule has 2 amide bonds. The van der Waals surface area contributed by atoms with Gasteiger partial charge in [-0.2, -0.15) is 0 Å². The summed E-state index contributed by atoms with van der Waals surface area (Å²) < 4.78 is 0. The van der Waals surface area contributed by atoms with Crippen molar-refractivity contribution in [1.29, 1.82) is 0 Å². The molecular formula is C18H26N4O2. The van der Waals surface area contributed by atoms with Crippen molar-refractivity contribution in [2.45, 2.75) is 25.3 Å². The zero-order valence-corrected chi connectivity index (χ0v) is 14.4. The predicted octanol–water partition coefficient (Wildman–Crippen LogP) is 1.15. The Morgan fingerprint density at radius 3 is 3.00 bits per heavy atom. The monoisotopic (exact) mass is 330 g/mol. The van der Waals surface area contributed by atoms with Crippen LogP contribution in [0.25, 0.3) is 6.08 Å². The summed E-state index contributed by atoms with van der Waals surface area (Å²) in [6, 6.07) is 3.73. The largest absolute Gasteiger partial charge is 0.353 e. The molecule has 6 nitrogen and oxygen atoms in total. The molecule has 2 heterocycles. The van der Waals surface area contributed by atoms with Crippen molar-refractivity contribution in [2.24, 2.45) is 0 Å². The molecule has 130 valence electrons. The van der Waals surface area contributed by atoms with E-state index in [-0.39, 0.29) is 17.9 Å². The minimum atomic E-state index is -0.110. The van der Waals surface area contributed by atoms with Gasteiger partial charge in [-0.15, -0.1) is 0 Å². The number of hydrogen-bond donors (Lipinski definition) is 1. The highest BCUT2D eigenvalue weighted by molar-refractivity contribution is 5.91. The molecule has 0 unspecified atom stereocenters. The van der Waals surface area contributed by atoms with Gasteiger partial charge in [0.25, 0.3) is 0 Å². The third-order valence-electron chi connectivity index (χ3n) is 4.12. The molecular weight excluding hydrogens is 304 g/mol. The fraction of sp³-hybridized carbons (Fsp3) is 0.500. The third-order valence-corrected chi connectivity index (χ3v) is 4.12. The van der Waals surface area contributed by atoms with Crippen LogP contribution in [0.5, 0.6) is 0 Å². The summed E-state index contributed by atoms with van der Waals surface area (Å²) in [6.45, 7) is 2.39. The Labute approximate surface area is 143 Å². The van der Waals surface area contributed by atoms with Gasteiger partial charge in [0, 0.05) is 45.7 Å². The normalized spacial score (nSPS) is 18.0. The van der Waals surface area contributed by atoms with Crippen LogP contribution in [0.4, 0.5) is 0 Å². The zero-order valence-electron chi connectivity index (χ0n) is 14.4. The number of hydrogen-bond acceptors (Lipinski definition) is 4. The number of nitrogens with one attached hydrogen (secondary N) is 1. The molecule has 0 radical (unpaired) electrons. The SMILES string of the molecule is CN(C)C(=O)[C@H]1CCCN1CCCNC(=O)/C=C\c1cccnc1. The van der Waals surface area contributed by atoms with Gasteiger partial charge in [0.15, 0.2) is 0 Å².